The van der Waals surface area contributed by atoms with Gasteiger partial charge in [0.25, 0.3) is 0 Å². The van der Waals surface area contributed by atoms with E-state index in [0.717, 1.165) is 11.3 Å². The number of nitrogens with zero attached hydrogens (tertiary/aromatic N) is 1. The average Bonchev–Trinajstić information content (AvgIpc) is 2.39. The molecule has 4 nitrogen and oxygen atoms in total. The first kappa shape index (κ1) is 14.5. The van der Waals surface area contributed by atoms with E-state index in [1.807, 2.05) is 31.2 Å². The summed E-state index contributed by atoms with van der Waals surface area (Å²) in [4.78, 5) is 13.7. The highest BCUT2D eigenvalue weighted by Crippen LogP contribution is 2.19. The molecule has 0 aliphatic carbocycles. The van der Waals surface area contributed by atoms with Crippen molar-refractivity contribution < 1.29 is 9.53 Å². The molecule has 0 spiro atoms. The van der Waals surface area contributed by atoms with E-state index in [-0.39, 0.29) is 11.8 Å². The van der Waals surface area contributed by atoms with E-state index in [1.165, 1.54) is 0 Å². The van der Waals surface area contributed by atoms with Crippen LogP contribution in [0.3, 0.4) is 0 Å². The molecule has 1 aromatic rings. The molecule has 0 heterocycles. The Labute approximate surface area is 109 Å². The molecule has 0 fully saturated rings. The second-order valence-corrected chi connectivity index (χ2v) is 4.61. The second-order valence-electron chi connectivity index (χ2n) is 4.61. The molecule has 2 N–H and O–H groups in total. The highest BCUT2D eigenvalue weighted by molar-refractivity contribution is 5.76. The monoisotopic (exact) mass is 250 g/mol. The lowest BCUT2D eigenvalue weighted by molar-refractivity contribution is -0.131. The summed E-state index contributed by atoms with van der Waals surface area (Å²) in [5.74, 6) is 1.14. The fourth-order valence-corrected chi connectivity index (χ4v) is 1.71. The zero-order valence-corrected chi connectivity index (χ0v) is 11.3. The topological polar surface area (TPSA) is 55.6 Å². The van der Waals surface area contributed by atoms with Crippen molar-refractivity contribution in [2.45, 2.75) is 19.9 Å². The Hall–Kier alpha value is -1.55. The predicted molar refractivity (Wildman–Crippen MR) is 72.3 cm³/mol. The summed E-state index contributed by atoms with van der Waals surface area (Å²) in [7, 11) is 3.44. The lowest BCUT2D eigenvalue weighted by Gasteiger charge is -2.20. The van der Waals surface area contributed by atoms with Gasteiger partial charge in [-0.3, -0.25) is 4.79 Å². The number of methoxy groups -OCH3 is 1. The maximum absolute atomic E-state index is 11.9. The lowest BCUT2D eigenvalue weighted by atomic mass is 10.1. The lowest BCUT2D eigenvalue weighted by Crippen LogP contribution is -2.29. The van der Waals surface area contributed by atoms with E-state index in [1.54, 1.807) is 19.1 Å². The molecule has 0 saturated carbocycles. The SMILES string of the molecule is COc1ccccc1CN(C)C(=O)CC(C)CN. The molecule has 0 saturated heterocycles. The summed E-state index contributed by atoms with van der Waals surface area (Å²) in [5, 5.41) is 0. The third-order valence-corrected chi connectivity index (χ3v) is 2.95. The molecule has 1 aromatic carbocycles. The number of hydrogen-bond donors (Lipinski definition) is 1. The highest BCUT2D eigenvalue weighted by Gasteiger charge is 2.14. The molecule has 18 heavy (non-hydrogen) atoms. The number of para-hydroxylation sites is 1. The van der Waals surface area contributed by atoms with E-state index in [2.05, 4.69) is 0 Å². The normalized spacial score (nSPS) is 12.0. The molecule has 0 aliphatic rings. The molecule has 1 amide bonds. The van der Waals surface area contributed by atoms with Crippen LogP contribution in [0.4, 0.5) is 0 Å². The number of rotatable bonds is 6. The Morgan fingerprint density at radius 3 is 2.72 bits per heavy atom. The fraction of sp³-hybridized carbons (Fsp3) is 0.500. The van der Waals surface area contributed by atoms with Crippen molar-refractivity contribution in [2.24, 2.45) is 11.7 Å². The van der Waals surface area contributed by atoms with Gasteiger partial charge in [0.2, 0.25) is 5.91 Å². The minimum absolute atomic E-state index is 0.110. The summed E-state index contributed by atoms with van der Waals surface area (Å²) in [6.07, 6.45) is 0.488. The predicted octanol–water partition coefficient (Wildman–Crippen LogP) is 1.64. The molecule has 1 unspecified atom stereocenters. The Morgan fingerprint density at radius 1 is 1.44 bits per heavy atom. The summed E-state index contributed by atoms with van der Waals surface area (Å²) in [6, 6.07) is 7.73. The van der Waals surface area contributed by atoms with Crippen LogP contribution in [0.25, 0.3) is 0 Å². The summed E-state index contributed by atoms with van der Waals surface area (Å²) < 4.78 is 5.27. The van der Waals surface area contributed by atoms with Gasteiger partial charge in [0, 0.05) is 25.6 Å². The van der Waals surface area contributed by atoms with Crippen LogP contribution in [-0.2, 0) is 11.3 Å². The van der Waals surface area contributed by atoms with Crippen molar-refractivity contribution in [3.63, 3.8) is 0 Å². The van der Waals surface area contributed by atoms with Crippen LogP contribution in [-0.4, -0.2) is 31.5 Å². The molecule has 100 valence electrons. The van der Waals surface area contributed by atoms with Crippen LogP contribution in [0.1, 0.15) is 18.9 Å². The van der Waals surface area contributed by atoms with Crippen LogP contribution >= 0.6 is 0 Å². The fourth-order valence-electron chi connectivity index (χ4n) is 1.71. The first-order valence-corrected chi connectivity index (χ1v) is 6.14. The number of amides is 1. The number of carbonyl (C=O) groups excluding carboxylic acids is 1. The van der Waals surface area contributed by atoms with Gasteiger partial charge in [-0.2, -0.15) is 0 Å². The molecule has 0 bridgehead atoms. The summed E-state index contributed by atoms with van der Waals surface area (Å²) in [5.41, 5.74) is 6.54. The summed E-state index contributed by atoms with van der Waals surface area (Å²) in [6.45, 7) is 3.07. The van der Waals surface area contributed by atoms with Crippen molar-refractivity contribution >= 4 is 5.91 Å². The van der Waals surface area contributed by atoms with Crippen molar-refractivity contribution in [3.05, 3.63) is 29.8 Å². The molecule has 0 radical (unpaired) electrons. The van der Waals surface area contributed by atoms with E-state index >= 15 is 0 Å². The van der Waals surface area contributed by atoms with Gasteiger partial charge in [-0.15, -0.1) is 0 Å². The van der Waals surface area contributed by atoms with Gasteiger partial charge in [-0.1, -0.05) is 25.1 Å². The van der Waals surface area contributed by atoms with E-state index in [0.29, 0.717) is 19.5 Å². The number of hydrogen-bond acceptors (Lipinski definition) is 3. The quantitative estimate of drug-likeness (QED) is 0.835. The number of nitrogens with two attached hydrogens (primary N) is 1. The van der Waals surface area contributed by atoms with Crippen LogP contribution in [0, 0.1) is 5.92 Å². The van der Waals surface area contributed by atoms with E-state index in [9.17, 15) is 4.79 Å². The summed E-state index contributed by atoms with van der Waals surface area (Å²) >= 11 is 0. The first-order valence-electron chi connectivity index (χ1n) is 6.14. The van der Waals surface area contributed by atoms with E-state index in [4.69, 9.17) is 10.5 Å². The third kappa shape index (κ3) is 4.04. The second kappa shape index (κ2) is 7.01. The average molecular weight is 250 g/mol. The minimum Gasteiger partial charge on any atom is -0.496 e. The molecule has 1 rings (SSSR count). The van der Waals surface area contributed by atoms with Gasteiger partial charge in [0.05, 0.1) is 7.11 Å². The molecular weight excluding hydrogens is 228 g/mol. The van der Waals surface area contributed by atoms with Crippen LogP contribution in [0.2, 0.25) is 0 Å². The highest BCUT2D eigenvalue weighted by atomic mass is 16.5. The van der Waals surface area contributed by atoms with Gasteiger partial charge in [0.1, 0.15) is 5.75 Å². The maximum Gasteiger partial charge on any atom is 0.222 e. The van der Waals surface area contributed by atoms with Crippen molar-refractivity contribution in [2.75, 3.05) is 20.7 Å². The van der Waals surface area contributed by atoms with Gasteiger partial charge in [-0.05, 0) is 18.5 Å². The molecule has 1 atom stereocenters. The van der Waals surface area contributed by atoms with Crippen LogP contribution < -0.4 is 10.5 Å². The molecular formula is C14H22N2O2. The van der Waals surface area contributed by atoms with Crippen molar-refractivity contribution in [3.8, 4) is 5.75 Å². The minimum atomic E-state index is 0.110. The Kier molecular flexibility index (Phi) is 5.65. The van der Waals surface area contributed by atoms with Gasteiger partial charge in [0.15, 0.2) is 0 Å². The smallest absolute Gasteiger partial charge is 0.222 e. The first-order chi connectivity index (χ1) is 8.58. The van der Waals surface area contributed by atoms with Gasteiger partial charge >= 0.3 is 0 Å². The Bertz CT molecular complexity index is 393. The number of ether oxygens (including phenoxy) is 1. The largest absolute Gasteiger partial charge is 0.496 e. The number of benzene rings is 1. The molecule has 0 aromatic heterocycles. The third-order valence-electron chi connectivity index (χ3n) is 2.95. The zero-order chi connectivity index (χ0) is 13.5. The standard InChI is InChI=1S/C14H22N2O2/c1-11(9-15)8-14(17)16(2)10-12-6-4-5-7-13(12)18-3/h4-7,11H,8-10,15H2,1-3H3. The van der Waals surface area contributed by atoms with Crippen molar-refractivity contribution in [1.29, 1.82) is 0 Å². The van der Waals surface area contributed by atoms with E-state index < -0.39 is 0 Å². The maximum atomic E-state index is 11.9. The van der Waals surface area contributed by atoms with Crippen molar-refractivity contribution in [1.82, 2.24) is 4.90 Å². The Morgan fingerprint density at radius 2 is 2.11 bits per heavy atom. The van der Waals surface area contributed by atoms with Gasteiger partial charge in [-0.25, -0.2) is 0 Å². The zero-order valence-electron chi connectivity index (χ0n) is 11.3. The molecule has 0 aliphatic heterocycles. The Balaban J connectivity index is 2.63. The number of carbonyl (C=O) groups is 1. The van der Waals surface area contributed by atoms with Crippen LogP contribution in [0.5, 0.6) is 5.75 Å². The van der Waals surface area contributed by atoms with Crippen LogP contribution in [0.15, 0.2) is 24.3 Å². The van der Waals surface area contributed by atoms with Gasteiger partial charge < -0.3 is 15.4 Å². The molecule has 4 heteroatoms.